The first-order valence-corrected chi connectivity index (χ1v) is 11.7. The SMILES string of the molecule is Cc1noc(C=Cc2ccco2)c1S(=O)(=O)N1CCC(C(=O)NCc2cccnc2)CC1. The number of nitrogens with one attached hydrogen (secondary N) is 1. The lowest BCUT2D eigenvalue weighted by molar-refractivity contribution is -0.126. The fraction of sp³-hybridized carbons (Fsp3) is 0.318. The molecule has 0 spiro atoms. The Hall–Kier alpha value is -3.24. The number of hydrogen-bond acceptors (Lipinski definition) is 7. The quantitative estimate of drug-likeness (QED) is 0.581. The lowest BCUT2D eigenvalue weighted by Gasteiger charge is -2.30. The molecule has 1 fully saturated rings. The van der Waals surface area contributed by atoms with E-state index in [4.69, 9.17) is 8.94 Å². The largest absolute Gasteiger partial charge is 0.465 e. The monoisotopic (exact) mass is 456 g/mol. The number of rotatable bonds is 7. The van der Waals surface area contributed by atoms with Crippen molar-refractivity contribution in [1.29, 1.82) is 0 Å². The van der Waals surface area contributed by atoms with Gasteiger partial charge < -0.3 is 14.3 Å². The number of pyridine rings is 1. The molecule has 0 saturated carbocycles. The number of carbonyl (C=O) groups excluding carboxylic acids is 1. The smallest absolute Gasteiger partial charge is 0.248 e. The molecule has 0 unspecified atom stereocenters. The Labute approximate surface area is 186 Å². The second kappa shape index (κ2) is 9.49. The van der Waals surface area contributed by atoms with E-state index >= 15 is 0 Å². The van der Waals surface area contributed by atoms with Crippen molar-refractivity contribution in [2.24, 2.45) is 5.92 Å². The molecule has 0 radical (unpaired) electrons. The molecule has 3 aromatic heterocycles. The first-order chi connectivity index (χ1) is 15.4. The summed E-state index contributed by atoms with van der Waals surface area (Å²) in [5.41, 5.74) is 1.21. The third-order valence-electron chi connectivity index (χ3n) is 5.39. The summed E-state index contributed by atoms with van der Waals surface area (Å²) in [5.74, 6) is 0.407. The molecular formula is C22H24N4O5S. The van der Waals surface area contributed by atoms with Crippen LogP contribution in [0.15, 0.2) is 56.8 Å². The second-order valence-corrected chi connectivity index (χ2v) is 9.44. The van der Waals surface area contributed by atoms with Gasteiger partial charge in [-0.15, -0.1) is 0 Å². The zero-order chi connectivity index (χ0) is 22.6. The third kappa shape index (κ3) is 4.81. The van der Waals surface area contributed by atoms with Crippen LogP contribution in [0.3, 0.4) is 0 Å². The number of piperidine rings is 1. The minimum absolute atomic E-state index is 0.0415. The number of nitrogens with zero attached hydrogens (tertiary/aromatic N) is 3. The summed E-state index contributed by atoms with van der Waals surface area (Å²) in [6.45, 7) is 2.49. The summed E-state index contributed by atoms with van der Waals surface area (Å²) in [5, 5.41) is 6.75. The average molecular weight is 457 g/mol. The van der Waals surface area contributed by atoms with Gasteiger partial charge in [0.1, 0.15) is 11.5 Å². The minimum atomic E-state index is -3.82. The van der Waals surface area contributed by atoms with Gasteiger partial charge in [-0.2, -0.15) is 4.31 Å². The highest BCUT2D eigenvalue weighted by Crippen LogP contribution is 2.29. The van der Waals surface area contributed by atoms with Crippen LogP contribution in [0.2, 0.25) is 0 Å². The van der Waals surface area contributed by atoms with E-state index in [1.807, 2.05) is 12.1 Å². The van der Waals surface area contributed by atoms with Crippen molar-refractivity contribution in [2.75, 3.05) is 13.1 Å². The van der Waals surface area contributed by atoms with Crippen molar-refractivity contribution < 1.29 is 22.2 Å². The molecule has 168 valence electrons. The van der Waals surface area contributed by atoms with Gasteiger partial charge in [0.15, 0.2) is 10.7 Å². The van der Waals surface area contributed by atoms with Gasteiger partial charge in [-0.05, 0) is 55.7 Å². The average Bonchev–Trinajstić information content (AvgIpc) is 3.46. The molecule has 1 amide bonds. The topological polar surface area (TPSA) is 119 Å². The van der Waals surface area contributed by atoms with Crippen LogP contribution in [0.5, 0.6) is 0 Å². The number of sulfonamides is 1. The highest BCUT2D eigenvalue weighted by Gasteiger charge is 2.35. The Bertz CT molecular complexity index is 1180. The minimum Gasteiger partial charge on any atom is -0.465 e. The van der Waals surface area contributed by atoms with Crippen LogP contribution in [0, 0.1) is 12.8 Å². The highest BCUT2D eigenvalue weighted by molar-refractivity contribution is 7.89. The maximum Gasteiger partial charge on any atom is 0.248 e. The summed E-state index contributed by atoms with van der Waals surface area (Å²) in [6.07, 6.45) is 8.95. The molecule has 1 N–H and O–H groups in total. The van der Waals surface area contributed by atoms with Gasteiger partial charge >= 0.3 is 0 Å². The summed E-state index contributed by atoms with van der Waals surface area (Å²) in [4.78, 5) is 16.6. The number of amides is 1. The van der Waals surface area contributed by atoms with Gasteiger partial charge in [-0.3, -0.25) is 9.78 Å². The Morgan fingerprint density at radius 1 is 1.25 bits per heavy atom. The van der Waals surface area contributed by atoms with Gasteiger partial charge in [0.2, 0.25) is 15.9 Å². The van der Waals surface area contributed by atoms with Gasteiger partial charge in [-0.1, -0.05) is 11.2 Å². The fourth-order valence-corrected chi connectivity index (χ4v) is 5.39. The lowest BCUT2D eigenvalue weighted by Crippen LogP contribution is -2.43. The molecule has 4 rings (SSSR count). The van der Waals surface area contributed by atoms with E-state index in [2.05, 4.69) is 15.5 Å². The zero-order valence-corrected chi connectivity index (χ0v) is 18.4. The molecule has 10 heteroatoms. The summed E-state index contributed by atoms with van der Waals surface area (Å²) < 4.78 is 38.5. The Kier molecular flexibility index (Phi) is 6.52. The molecule has 0 atom stereocenters. The third-order valence-corrected chi connectivity index (χ3v) is 7.45. The van der Waals surface area contributed by atoms with Gasteiger partial charge in [-0.25, -0.2) is 8.42 Å². The normalized spacial score (nSPS) is 15.9. The standard InChI is InChI=1S/C22H24N4O5S/c1-16-21(20(31-25-16)7-6-19-5-3-13-30-19)32(28,29)26-11-8-18(9-12-26)22(27)24-15-17-4-2-10-23-14-17/h2-7,10,13-14,18H,8-9,11-12,15H2,1H3,(H,24,27). The van der Waals surface area contributed by atoms with Crippen LogP contribution >= 0.6 is 0 Å². The maximum atomic E-state index is 13.3. The van der Waals surface area contributed by atoms with Crippen molar-refractivity contribution in [3.05, 3.63) is 65.7 Å². The van der Waals surface area contributed by atoms with Gasteiger partial charge in [0.05, 0.1) is 6.26 Å². The van der Waals surface area contributed by atoms with Crippen LogP contribution in [-0.4, -0.2) is 41.9 Å². The Morgan fingerprint density at radius 3 is 2.75 bits per heavy atom. The first kappa shape index (κ1) is 22.0. The molecule has 4 heterocycles. The predicted molar refractivity (Wildman–Crippen MR) is 116 cm³/mol. The summed E-state index contributed by atoms with van der Waals surface area (Å²) in [6, 6.07) is 7.19. The van der Waals surface area contributed by atoms with E-state index in [0.717, 1.165) is 5.56 Å². The van der Waals surface area contributed by atoms with E-state index < -0.39 is 10.0 Å². The van der Waals surface area contributed by atoms with Crippen molar-refractivity contribution >= 4 is 28.1 Å². The van der Waals surface area contributed by atoms with Crippen LogP contribution in [-0.2, 0) is 21.4 Å². The number of hydrogen-bond donors (Lipinski definition) is 1. The molecule has 32 heavy (non-hydrogen) atoms. The van der Waals surface area contributed by atoms with Crippen LogP contribution in [0.1, 0.15) is 35.6 Å². The van der Waals surface area contributed by atoms with Crippen molar-refractivity contribution in [1.82, 2.24) is 19.8 Å². The summed E-state index contributed by atoms with van der Waals surface area (Å²) in [7, 11) is -3.82. The predicted octanol–water partition coefficient (Wildman–Crippen LogP) is 2.86. The second-order valence-electron chi connectivity index (χ2n) is 7.57. The van der Waals surface area contributed by atoms with Crippen molar-refractivity contribution in [3.8, 4) is 0 Å². The number of aromatic nitrogens is 2. The molecule has 0 aromatic carbocycles. The molecule has 1 saturated heterocycles. The van der Waals surface area contributed by atoms with Crippen LogP contribution in [0.4, 0.5) is 0 Å². The van der Waals surface area contributed by atoms with Gasteiger partial charge in [0.25, 0.3) is 0 Å². The lowest BCUT2D eigenvalue weighted by atomic mass is 9.97. The summed E-state index contributed by atoms with van der Waals surface area (Å²) >= 11 is 0. The molecule has 0 aliphatic carbocycles. The van der Waals surface area contributed by atoms with Gasteiger partial charge in [0, 0.05) is 37.9 Å². The zero-order valence-electron chi connectivity index (χ0n) is 17.6. The van der Waals surface area contributed by atoms with E-state index in [0.29, 0.717) is 30.8 Å². The number of furan rings is 1. The fourth-order valence-electron chi connectivity index (χ4n) is 3.67. The highest BCUT2D eigenvalue weighted by atomic mass is 32.2. The van der Waals surface area contributed by atoms with E-state index in [1.54, 1.807) is 37.5 Å². The molecular weight excluding hydrogens is 432 g/mol. The van der Waals surface area contributed by atoms with Crippen LogP contribution < -0.4 is 5.32 Å². The Morgan fingerprint density at radius 2 is 2.06 bits per heavy atom. The number of carbonyl (C=O) groups is 1. The van der Waals surface area contributed by atoms with E-state index in [1.165, 1.54) is 16.6 Å². The van der Waals surface area contributed by atoms with E-state index in [-0.39, 0.29) is 35.6 Å². The molecule has 3 aromatic rings. The molecule has 9 nitrogen and oxygen atoms in total. The first-order valence-electron chi connectivity index (χ1n) is 10.3. The van der Waals surface area contributed by atoms with Crippen LogP contribution in [0.25, 0.3) is 12.2 Å². The van der Waals surface area contributed by atoms with Crippen molar-refractivity contribution in [3.63, 3.8) is 0 Å². The maximum absolute atomic E-state index is 13.3. The molecule has 1 aliphatic rings. The van der Waals surface area contributed by atoms with E-state index in [9.17, 15) is 13.2 Å². The molecule has 1 aliphatic heterocycles. The Balaban J connectivity index is 1.40. The molecule has 0 bridgehead atoms. The number of aryl methyl sites for hydroxylation is 1. The van der Waals surface area contributed by atoms with Crippen molar-refractivity contribution in [2.45, 2.75) is 31.2 Å².